The first kappa shape index (κ1) is 7.36. The fourth-order valence-electron chi connectivity index (χ4n) is 0.278. The molecule has 3 N–H and O–H groups in total. The van der Waals surface area contributed by atoms with Crippen LogP contribution in [-0.2, 0) is 4.79 Å². The van der Waals surface area contributed by atoms with E-state index >= 15 is 0 Å². The van der Waals surface area contributed by atoms with Crippen LogP contribution in [0.1, 0.15) is 0 Å². The third kappa shape index (κ3) is 5.36. The second-order valence-corrected chi connectivity index (χ2v) is 1.33. The minimum Gasteiger partial charge on any atom is -0.369 e. The van der Waals surface area contributed by atoms with Gasteiger partial charge in [0, 0.05) is 6.54 Å². The Labute approximate surface area is 47.1 Å². The van der Waals surface area contributed by atoms with Crippen molar-refractivity contribution in [2.24, 2.45) is 5.73 Å². The summed E-state index contributed by atoms with van der Waals surface area (Å²) in [7, 11) is 0. The lowest BCUT2D eigenvalue weighted by atomic mass is 10.6. The van der Waals surface area contributed by atoms with Crippen LogP contribution in [0.3, 0.4) is 0 Å². The zero-order valence-corrected chi connectivity index (χ0v) is 4.48. The molecule has 0 aliphatic heterocycles. The first-order valence-electron chi connectivity index (χ1n) is 2.32. The highest BCUT2D eigenvalue weighted by molar-refractivity contribution is 5.75. The SMILES string of the molecule is NC(=O)CNCCF. The number of hydrogen-bond acceptors (Lipinski definition) is 2. The topological polar surface area (TPSA) is 55.1 Å². The summed E-state index contributed by atoms with van der Waals surface area (Å²) in [6.07, 6.45) is 0. The van der Waals surface area contributed by atoms with E-state index in [0.717, 1.165) is 0 Å². The van der Waals surface area contributed by atoms with E-state index in [4.69, 9.17) is 5.73 Å². The molecule has 0 saturated carbocycles. The number of carbonyl (C=O) groups is 1. The molecule has 0 saturated heterocycles. The molecule has 0 rings (SSSR count). The van der Waals surface area contributed by atoms with Gasteiger partial charge in [0.05, 0.1) is 6.54 Å². The Bertz CT molecular complexity index is 76.4. The van der Waals surface area contributed by atoms with Gasteiger partial charge in [-0.3, -0.25) is 4.79 Å². The number of nitrogens with one attached hydrogen (secondary N) is 1. The third-order valence-electron chi connectivity index (χ3n) is 0.570. The van der Waals surface area contributed by atoms with E-state index < -0.39 is 12.6 Å². The van der Waals surface area contributed by atoms with Gasteiger partial charge in [-0.2, -0.15) is 0 Å². The van der Waals surface area contributed by atoms with Gasteiger partial charge in [-0.25, -0.2) is 4.39 Å². The molecular formula is C4H9FN2O. The maximum atomic E-state index is 11.2. The number of halogens is 1. The Morgan fingerprint density at radius 1 is 1.75 bits per heavy atom. The van der Waals surface area contributed by atoms with E-state index in [0.29, 0.717) is 0 Å². The lowest BCUT2D eigenvalue weighted by Crippen LogP contribution is -2.29. The van der Waals surface area contributed by atoms with Gasteiger partial charge in [0.1, 0.15) is 6.67 Å². The summed E-state index contributed by atoms with van der Waals surface area (Å²) in [6, 6.07) is 0. The molecule has 0 aromatic heterocycles. The van der Waals surface area contributed by atoms with Gasteiger partial charge < -0.3 is 11.1 Å². The Morgan fingerprint density at radius 2 is 2.38 bits per heavy atom. The van der Waals surface area contributed by atoms with Crippen LogP contribution >= 0.6 is 0 Å². The molecule has 3 nitrogen and oxygen atoms in total. The van der Waals surface area contributed by atoms with Crippen molar-refractivity contribution >= 4 is 5.91 Å². The summed E-state index contributed by atoms with van der Waals surface area (Å²) >= 11 is 0. The average Bonchev–Trinajstić information content (AvgIpc) is 1.66. The monoisotopic (exact) mass is 120 g/mol. The molecule has 0 aliphatic rings. The number of rotatable bonds is 4. The second kappa shape index (κ2) is 4.52. The van der Waals surface area contributed by atoms with Crippen molar-refractivity contribution in [3.63, 3.8) is 0 Å². The second-order valence-electron chi connectivity index (χ2n) is 1.33. The Kier molecular flexibility index (Phi) is 4.16. The zero-order chi connectivity index (χ0) is 6.41. The Morgan fingerprint density at radius 3 is 2.75 bits per heavy atom. The van der Waals surface area contributed by atoms with E-state index in [1.807, 2.05) is 0 Å². The number of alkyl halides is 1. The molecule has 0 heterocycles. The molecule has 4 heteroatoms. The van der Waals surface area contributed by atoms with Crippen LogP contribution in [0.4, 0.5) is 4.39 Å². The molecule has 0 aromatic carbocycles. The van der Waals surface area contributed by atoms with Crippen LogP contribution in [0, 0.1) is 0 Å². The van der Waals surface area contributed by atoms with Gasteiger partial charge >= 0.3 is 0 Å². The van der Waals surface area contributed by atoms with Crippen LogP contribution in [0.25, 0.3) is 0 Å². The van der Waals surface area contributed by atoms with Gasteiger partial charge in [0.25, 0.3) is 0 Å². The summed E-state index contributed by atoms with van der Waals surface area (Å²) in [5, 5.41) is 2.48. The van der Waals surface area contributed by atoms with Crippen LogP contribution in [-0.4, -0.2) is 25.7 Å². The standard InChI is InChI=1S/C4H9FN2O/c5-1-2-7-3-4(6)8/h7H,1-3H2,(H2,6,8). The summed E-state index contributed by atoms with van der Waals surface area (Å²) in [4.78, 5) is 9.91. The van der Waals surface area contributed by atoms with Crippen molar-refractivity contribution in [3.8, 4) is 0 Å². The highest BCUT2D eigenvalue weighted by Gasteiger charge is 1.89. The largest absolute Gasteiger partial charge is 0.369 e. The van der Waals surface area contributed by atoms with E-state index in [9.17, 15) is 9.18 Å². The predicted molar refractivity (Wildman–Crippen MR) is 28.0 cm³/mol. The smallest absolute Gasteiger partial charge is 0.231 e. The summed E-state index contributed by atoms with van der Waals surface area (Å²) in [5.74, 6) is -0.460. The lowest BCUT2D eigenvalue weighted by Gasteiger charge is -1.93. The van der Waals surface area contributed by atoms with Gasteiger partial charge in [0.15, 0.2) is 0 Å². The maximum Gasteiger partial charge on any atom is 0.231 e. The van der Waals surface area contributed by atoms with E-state index in [-0.39, 0.29) is 13.1 Å². The molecule has 0 bridgehead atoms. The first-order valence-corrected chi connectivity index (χ1v) is 2.32. The molecule has 0 aliphatic carbocycles. The Hall–Kier alpha value is -0.640. The van der Waals surface area contributed by atoms with Crippen molar-refractivity contribution in [2.75, 3.05) is 19.8 Å². The predicted octanol–water partition coefficient (Wildman–Crippen LogP) is -0.969. The van der Waals surface area contributed by atoms with Crippen LogP contribution in [0.15, 0.2) is 0 Å². The zero-order valence-electron chi connectivity index (χ0n) is 4.48. The van der Waals surface area contributed by atoms with Crippen molar-refractivity contribution in [1.29, 1.82) is 0 Å². The highest BCUT2D eigenvalue weighted by atomic mass is 19.1. The quantitative estimate of drug-likeness (QED) is 0.469. The van der Waals surface area contributed by atoms with E-state index in [1.54, 1.807) is 0 Å². The fraction of sp³-hybridized carbons (Fsp3) is 0.750. The van der Waals surface area contributed by atoms with E-state index in [2.05, 4.69) is 5.32 Å². The molecule has 48 valence electrons. The average molecular weight is 120 g/mol. The van der Waals surface area contributed by atoms with Crippen molar-refractivity contribution in [1.82, 2.24) is 5.32 Å². The van der Waals surface area contributed by atoms with Crippen LogP contribution in [0.5, 0.6) is 0 Å². The van der Waals surface area contributed by atoms with Gasteiger partial charge in [-0.05, 0) is 0 Å². The van der Waals surface area contributed by atoms with Gasteiger partial charge in [0.2, 0.25) is 5.91 Å². The molecule has 0 atom stereocenters. The molecule has 8 heavy (non-hydrogen) atoms. The highest BCUT2D eigenvalue weighted by Crippen LogP contribution is 1.61. The molecule has 0 spiro atoms. The number of nitrogens with two attached hydrogens (primary N) is 1. The normalized spacial score (nSPS) is 9.12. The van der Waals surface area contributed by atoms with Crippen LogP contribution in [0.2, 0.25) is 0 Å². The molecule has 0 fully saturated rings. The van der Waals surface area contributed by atoms with Crippen LogP contribution < -0.4 is 11.1 Å². The molecular weight excluding hydrogens is 111 g/mol. The lowest BCUT2D eigenvalue weighted by molar-refractivity contribution is -0.117. The molecule has 1 amide bonds. The first-order chi connectivity index (χ1) is 3.77. The number of hydrogen-bond donors (Lipinski definition) is 2. The van der Waals surface area contributed by atoms with Gasteiger partial charge in [-0.15, -0.1) is 0 Å². The molecule has 0 aromatic rings. The minimum atomic E-state index is -0.465. The Balaban J connectivity index is 2.82. The fourth-order valence-corrected chi connectivity index (χ4v) is 0.278. The summed E-state index contributed by atoms with van der Waals surface area (Å²) in [6.45, 7) is -0.208. The summed E-state index contributed by atoms with van der Waals surface area (Å²) in [5.41, 5.74) is 4.71. The van der Waals surface area contributed by atoms with E-state index in [1.165, 1.54) is 0 Å². The summed E-state index contributed by atoms with van der Waals surface area (Å²) < 4.78 is 11.2. The minimum absolute atomic E-state index is 0.0594. The van der Waals surface area contributed by atoms with Crippen molar-refractivity contribution in [3.05, 3.63) is 0 Å². The molecule has 0 unspecified atom stereocenters. The van der Waals surface area contributed by atoms with Crippen molar-refractivity contribution < 1.29 is 9.18 Å². The number of amides is 1. The number of carbonyl (C=O) groups excluding carboxylic acids is 1. The van der Waals surface area contributed by atoms with Crippen molar-refractivity contribution in [2.45, 2.75) is 0 Å². The third-order valence-corrected chi connectivity index (χ3v) is 0.570. The molecule has 0 radical (unpaired) electrons. The maximum absolute atomic E-state index is 11.2. The number of primary amides is 1. The van der Waals surface area contributed by atoms with Gasteiger partial charge in [-0.1, -0.05) is 0 Å².